The first kappa shape index (κ1) is 18.8. The van der Waals surface area contributed by atoms with Gasteiger partial charge in [-0.15, -0.1) is 6.58 Å². The summed E-state index contributed by atoms with van der Waals surface area (Å²) in [4.78, 5) is 28.9. The van der Waals surface area contributed by atoms with Gasteiger partial charge < -0.3 is 9.47 Å². The van der Waals surface area contributed by atoms with Gasteiger partial charge in [-0.05, 0) is 32.7 Å². The molecule has 1 rings (SSSR count). The van der Waals surface area contributed by atoms with Crippen molar-refractivity contribution >= 4 is 12.1 Å². The van der Waals surface area contributed by atoms with E-state index in [-0.39, 0.29) is 6.54 Å². The minimum absolute atomic E-state index is 0.0864. The third-order valence-electron chi connectivity index (χ3n) is 3.89. The minimum Gasteiger partial charge on any atom is -0.467 e. The van der Waals surface area contributed by atoms with Crippen molar-refractivity contribution in [3.63, 3.8) is 0 Å². The van der Waals surface area contributed by atoms with E-state index in [9.17, 15) is 9.59 Å². The number of rotatable bonds is 4. The Bertz CT molecular complexity index is 536. The van der Waals surface area contributed by atoms with Crippen molar-refractivity contribution in [2.75, 3.05) is 13.7 Å². The fraction of sp³-hybridized carbons (Fsp3) is 0.733. The standard InChI is InChI=1S/C15H24N4O4/c1-7-8-15(5)10(17-18-16)9-19(11(15)12(20)22-6)13(21)23-14(2,3)4/h7,10-11H,1,8-9H2,2-6H3/t10-,11+,15+/m0/s1. The number of ether oxygens (including phenoxy) is 2. The molecule has 0 spiro atoms. The maximum absolute atomic E-state index is 12.5. The SMILES string of the molecule is C=CC[C@]1(C)[C@@H](N=[N+]=[N-])CN(C(=O)OC(C)(C)C)[C@@H]1C(=O)OC. The second kappa shape index (κ2) is 6.91. The molecule has 1 heterocycles. The van der Waals surface area contributed by atoms with Crippen LogP contribution in [0.1, 0.15) is 34.1 Å². The largest absolute Gasteiger partial charge is 0.467 e. The van der Waals surface area contributed by atoms with E-state index >= 15 is 0 Å². The molecule has 1 amide bonds. The number of esters is 1. The van der Waals surface area contributed by atoms with Gasteiger partial charge in [-0.1, -0.05) is 18.1 Å². The Labute approximate surface area is 136 Å². The predicted molar refractivity (Wildman–Crippen MR) is 84.6 cm³/mol. The molecule has 0 unspecified atom stereocenters. The molecule has 3 atom stereocenters. The van der Waals surface area contributed by atoms with Crippen LogP contribution in [0.2, 0.25) is 0 Å². The summed E-state index contributed by atoms with van der Waals surface area (Å²) in [7, 11) is 1.25. The molecule has 0 bridgehead atoms. The zero-order valence-electron chi connectivity index (χ0n) is 14.3. The maximum atomic E-state index is 12.5. The number of allylic oxidation sites excluding steroid dienone is 1. The van der Waals surface area contributed by atoms with Crippen molar-refractivity contribution in [2.24, 2.45) is 10.5 Å². The van der Waals surface area contributed by atoms with Gasteiger partial charge in [0.1, 0.15) is 11.6 Å². The number of azide groups is 1. The van der Waals surface area contributed by atoms with Gasteiger partial charge in [0.05, 0.1) is 13.2 Å². The van der Waals surface area contributed by atoms with Crippen LogP contribution in [0.5, 0.6) is 0 Å². The number of hydrogen-bond donors (Lipinski definition) is 0. The van der Waals surface area contributed by atoms with Crippen LogP contribution in [0.4, 0.5) is 4.79 Å². The molecule has 0 aromatic rings. The van der Waals surface area contributed by atoms with E-state index in [1.807, 2.05) is 0 Å². The van der Waals surface area contributed by atoms with Gasteiger partial charge in [-0.3, -0.25) is 4.90 Å². The van der Waals surface area contributed by atoms with Crippen LogP contribution in [0.15, 0.2) is 17.8 Å². The summed E-state index contributed by atoms with van der Waals surface area (Å²) < 4.78 is 10.2. The van der Waals surface area contributed by atoms with E-state index in [0.717, 1.165) is 0 Å². The third-order valence-corrected chi connectivity index (χ3v) is 3.89. The van der Waals surface area contributed by atoms with Crippen LogP contribution in [-0.4, -0.2) is 48.3 Å². The quantitative estimate of drug-likeness (QED) is 0.260. The summed E-state index contributed by atoms with van der Waals surface area (Å²) in [5, 5.41) is 3.77. The van der Waals surface area contributed by atoms with E-state index in [0.29, 0.717) is 6.42 Å². The number of amides is 1. The van der Waals surface area contributed by atoms with Gasteiger partial charge in [0.15, 0.2) is 0 Å². The lowest BCUT2D eigenvalue weighted by atomic mass is 9.76. The summed E-state index contributed by atoms with van der Waals surface area (Å²) in [6.45, 7) is 10.8. The van der Waals surface area contributed by atoms with Crippen molar-refractivity contribution in [3.8, 4) is 0 Å². The molecule has 0 aromatic carbocycles. The van der Waals surface area contributed by atoms with Gasteiger partial charge in [-0.2, -0.15) is 0 Å². The first-order valence-electron chi connectivity index (χ1n) is 7.33. The molecule has 1 aliphatic heterocycles. The van der Waals surface area contributed by atoms with E-state index < -0.39 is 35.2 Å². The van der Waals surface area contributed by atoms with Crippen LogP contribution < -0.4 is 0 Å². The smallest absolute Gasteiger partial charge is 0.411 e. The van der Waals surface area contributed by atoms with Gasteiger partial charge in [0, 0.05) is 16.9 Å². The zero-order valence-corrected chi connectivity index (χ0v) is 14.3. The predicted octanol–water partition coefficient (Wildman–Crippen LogP) is 3.04. The van der Waals surface area contributed by atoms with Gasteiger partial charge in [0.25, 0.3) is 0 Å². The molecule has 128 valence electrons. The molecule has 1 saturated heterocycles. The van der Waals surface area contributed by atoms with Crippen LogP contribution in [0, 0.1) is 5.41 Å². The minimum atomic E-state index is -0.907. The Morgan fingerprint density at radius 3 is 2.57 bits per heavy atom. The first-order valence-corrected chi connectivity index (χ1v) is 7.33. The molecule has 0 aromatic heterocycles. The third kappa shape index (κ3) is 3.96. The van der Waals surface area contributed by atoms with Crippen molar-refractivity contribution < 1.29 is 19.1 Å². The second-order valence-corrected chi connectivity index (χ2v) is 6.78. The lowest BCUT2D eigenvalue weighted by Crippen LogP contribution is -2.49. The van der Waals surface area contributed by atoms with E-state index in [1.165, 1.54) is 12.0 Å². The lowest BCUT2D eigenvalue weighted by Gasteiger charge is -2.34. The number of methoxy groups -OCH3 is 1. The van der Waals surface area contributed by atoms with Crippen LogP contribution in [0.25, 0.3) is 10.4 Å². The summed E-state index contributed by atoms with van der Waals surface area (Å²) in [6, 6.07) is -1.49. The molecule has 23 heavy (non-hydrogen) atoms. The average Bonchev–Trinajstić information content (AvgIpc) is 2.70. The Morgan fingerprint density at radius 2 is 2.13 bits per heavy atom. The molecular formula is C15H24N4O4. The van der Waals surface area contributed by atoms with E-state index in [2.05, 4.69) is 16.6 Å². The van der Waals surface area contributed by atoms with E-state index in [1.54, 1.807) is 33.8 Å². The Morgan fingerprint density at radius 1 is 1.52 bits per heavy atom. The van der Waals surface area contributed by atoms with Crippen LogP contribution in [0.3, 0.4) is 0 Å². The topological polar surface area (TPSA) is 105 Å². The average molecular weight is 324 g/mol. The Kier molecular flexibility index (Phi) is 5.66. The lowest BCUT2D eigenvalue weighted by molar-refractivity contribution is -0.149. The van der Waals surface area contributed by atoms with Gasteiger partial charge in [-0.25, -0.2) is 9.59 Å². The summed E-state index contributed by atoms with van der Waals surface area (Å²) >= 11 is 0. The highest BCUT2D eigenvalue weighted by molar-refractivity contribution is 5.83. The normalized spacial score (nSPS) is 27.1. The summed E-state index contributed by atoms with van der Waals surface area (Å²) in [6.07, 6.45) is 1.38. The van der Waals surface area contributed by atoms with Gasteiger partial charge >= 0.3 is 12.1 Å². The molecule has 8 heteroatoms. The second-order valence-electron chi connectivity index (χ2n) is 6.78. The monoisotopic (exact) mass is 324 g/mol. The van der Waals surface area contributed by atoms with Crippen molar-refractivity contribution in [1.29, 1.82) is 0 Å². The summed E-state index contributed by atoms with van der Waals surface area (Å²) in [5.74, 6) is -0.573. The number of likely N-dealkylation sites (tertiary alicyclic amines) is 1. The maximum Gasteiger partial charge on any atom is 0.411 e. The molecule has 0 saturated carbocycles. The number of carbonyl (C=O) groups excluding carboxylic acids is 2. The Balaban J connectivity index is 3.28. The molecule has 0 aliphatic carbocycles. The van der Waals surface area contributed by atoms with Crippen LogP contribution >= 0.6 is 0 Å². The molecule has 0 radical (unpaired) electrons. The molecule has 1 aliphatic rings. The highest BCUT2D eigenvalue weighted by atomic mass is 16.6. The first-order chi connectivity index (χ1) is 10.6. The molecule has 8 nitrogen and oxygen atoms in total. The number of hydrogen-bond acceptors (Lipinski definition) is 5. The fourth-order valence-corrected chi connectivity index (χ4v) is 2.84. The molecular weight excluding hydrogens is 300 g/mol. The highest BCUT2D eigenvalue weighted by Gasteiger charge is 2.56. The van der Waals surface area contributed by atoms with Crippen molar-refractivity contribution in [1.82, 2.24) is 4.90 Å². The Hall–Kier alpha value is -2.21. The van der Waals surface area contributed by atoms with Crippen molar-refractivity contribution in [2.45, 2.75) is 51.8 Å². The fourth-order valence-electron chi connectivity index (χ4n) is 2.84. The molecule has 1 fully saturated rings. The molecule has 0 N–H and O–H groups in total. The highest BCUT2D eigenvalue weighted by Crippen LogP contribution is 2.43. The number of carbonyl (C=O) groups is 2. The summed E-state index contributed by atoms with van der Waals surface area (Å²) in [5.41, 5.74) is 7.29. The van der Waals surface area contributed by atoms with Crippen LogP contribution in [-0.2, 0) is 14.3 Å². The van der Waals surface area contributed by atoms with Crippen molar-refractivity contribution in [3.05, 3.63) is 23.1 Å². The zero-order chi connectivity index (χ0) is 17.8. The number of nitrogens with zero attached hydrogens (tertiary/aromatic N) is 4. The van der Waals surface area contributed by atoms with E-state index in [4.69, 9.17) is 15.0 Å². The van der Waals surface area contributed by atoms with Gasteiger partial charge in [0.2, 0.25) is 0 Å².